The van der Waals surface area contributed by atoms with Gasteiger partial charge in [0.15, 0.2) is 6.61 Å². The molecule has 1 heterocycles. The molecule has 0 atom stereocenters. The molecular formula is C20H24Cl2N3O2+. The van der Waals surface area contributed by atoms with Crippen LogP contribution in [-0.2, 0) is 4.79 Å². The number of nitrogens with zero attached hydrogens (tertiary/aromatic N) is 1. The minimum atomic E-state index is -0.239. The molecule has 0 radical (unpaired) electrons. The van der Waals surface area contributed by atoms with Crippen LogP contribution in [0, 0.1) is 6.92 Å². The fraction of sp³-hybridized carbons (Fsp3) is 0.350. The highest BCUT2D eigenvalue weighted by Gasteiger charge is 2.19. The molecule has 0 bridgehead atoms. The van der Waals surface area contributed by atoms with Gasteiger partial charge < -0.3 is 19.9 Å². The van der Waals surface area contributed by atoms with Gasteiger partial charge in [-0.1, -0.05) is 23.2 Å². The summed E-state index contributed by atoms with van der Waals surface area (Å²) >= 11 is 12.4. The summed E-state index contributed by atoms with van der Waals surface area (Å²) < 4.78 is 5.57. The number of rotatable bonds is 5. The number of carbonyl (C=O) groups excluding carboxylic acids is 1. The largest absolute Gasteiger partial charge is 0.483 e. The van der Waals surface area contributed by atoms with E-state index in [4.69, 9.17) is 27.9 Å². The third-order valence-corrected chi connectivity index (χ3v) is 5.22. The molecule has 0 saturated carbocycles. The van der Waals surface area contributed by atoms with Gasteiger partial charge in [-0.2, -0.15) is 0 Å². The van der Waals surface area contributed by atoms with Gasteiger partial charge in [-0.3, -0.25) is 4.79 Å². The van der Waals surface area contributed by atoms with Crippen LogP contribution in [0.25, 0.3) is 0 Å². The molecule has 0 spiro atoms. The van der Waals surface area contributed by atoms with Crippen molar-refractivity contribution in [3.63, 3.8) is 0 Å². The summed E-state index contributed by atoms with van der Waals surface area (Å²) in [6.45, 7) is 5.95. The molecule has 144 valence electrons. The minimum Gasteiger partial charge on any atom is -0.483 e. The van der Waals surface area contributed by atoms with Gasteiger partial charge >= 0.3 is 0 Å². The normalized spacial score (nSPS) is 14.9. The van der Waals surface area contributed by atoms with E-state index >= 15 is 0 Å². The van der Waals surface area contributed by atoms with Gasteiger partial charge in [0.05, 0.1) is 43.9 Å². The molecular weight excluding hydrogens is 385 g/mol. The van der Waals surface area contributed by atoms with Gasteiger partial charge in [-0.15, -0.1) is 0 Å². The Morgan fingerprint density at radius 3 is 2.59 bits per heavy atom. The SMILES string of the molecule is Cc1cc(Cl)ccc1OCC(=O)Nc1ccc(N2CC[NH+](C)CC2)c(Cl)c1. The number of hydrogen-bond donors (Lipinski definition) is 2. The van der Waals surface area contributed by atoms with Crippen molar-refractivity contribution in [2.75, 3.05) is 50.1 Å². The second-order valence-corrected chi connectivity index (χ2v) is 7.70. The fourth-order valence-corrected chi connectivity index (χ4v) is 3.61. The van der Waals surface area contributed by atoms with Crippen LogP contribution in [0.3, 0.4) is 0 Å². The Labute approximate surface area is 169 Å². The number of benzene rings is 2. The smallest absolute Gasteiger partial charge is 0.262 e. The summed E-state index contributed by atoms with van der Waals surface area (Å²) in [6, 6.07) is 10.9. The average Bonchev–Trinajstić information content (AvgIpc) is 2.62. The number of quaternary nitrogens is 1. The Kier molecular flexibility index (Phi) is 6.47. The molecule has 2 aromatic rings. The third kappa shape index (κ3) is 5.28. The van der Waals surface area contributed by atoms with Crippen LogP contribution >= 0.6 is 23.2 Å². The first-order chi connectivity index (χ1) is 12.9. The molecule has 1 fully saturated rings. The zero-order chi connectivity index (χ0) is 19.4. The monoisotopic (exact) mass is 408 g/mol. The number of amides is 1. The molecule has 1 aliphatic heterocycles. The lowest BCUT2D eigenvalue weighted by atomic mass is 10.2. The second kappa shape index (κ2) is 8.83. The van der Waals surface area contributed by atoms with Gasteiger partial charge in [0.1, 0.15) is 5.75 Å². The Bertz CT molecular complexity index is 821. The first-order valence-corrected chi connectivity index (χ1v) is 9.72. The van der Waals surface area contributed by atoms with Crippen molar-refractivity contribution in [2.45, 2.75) is 6.92 Å². The quantitative estimate of drug-likeness (QED) is 0.799. The lowest BCUT2D eigenvalue weighted by Gasteiger charge is -2.32. The minimum absolute atomic E-state index is 0.0803. The molecule has 27 heavy (non-hydrogen) atoms. The first-order valence-electron chi connectivity index (χ1n) is 8.97. The van der Waals surface area contributed by atoms with E-state index in [1.165, 1.54) is 4.90 Å². The lowest BCUT2D eigenvalue weighted by Crippen LogP contribution is -3.12. The number of likely N-dealkylation sites (N-methyl/N-ethyl adjacent to an activating group) is 1. The maximum Gasteiger partial charge on any atom is 0.262 e. The molecule has 0 unspecified atom stereocenters. The Hall–Kier alpha value is -1.95. The van der Waals surface area contributed by atoms with Crippen LogP contribution in [0.2, 0.25) is 10.0 Å². The van der Waals surface area contributed by atoms with Crippen LogP contribution in [0.5, 0.6) is 5.75 Å². The van der Waals surface area contributed by atoms with Crippen LogP contribution in [-0.4, -0.2) is 45.7 Å². The summed E-state index contributed by atoms with van der Waals surface area (Å²) in [7, 11) is 2.20. The predicted octanol–water partition coefficient (Wildman–Crippen LogP) is 2.65. The van der Waals surface area contributed by atoms with Crippen molar-refractivity contribution in [1.82, 2.24) is 0 Å². The second-order valence-electron chi connectivity index (χ2n) is 6.86. The maximum absolute atomic E-state index is 12.2. The van der Waals surface area contributed by atoms with Gasteiger partial charge in [0.2, 0.25) is 0 Å². The van der Waals surface area contributed by atoms with Gasteiger partial charge in [-0.25, -0.2) is 0 Å². The number of hydrogen-bond acceptors (Lipinski definition) is 3. The zero-order valence-corrected chi connectivity index (χ0v) is 17.0. The Morgan fingerprint density at radius 1 is 1.19 bits per heavy atom. The van der Waals surface area contributed by atoms with Gasteiger partial charge in [0.25, 0.3) is 5.91 Å². The topological polar surface area (TPSA) is 46.0 Å². The van der Waals surface area contributed by atoms with Gasteiger partial charge in [0, 0.05) is 10.7 Å². The molecule has 3 rings (SSSR count). The highest BCUT2D eigenvalue weighted by atomic mass is 35.5. The molecule has 0 aliphatic carbocycles. The Morgan fingerprint density at radius 2 is 1.93 bits per heavy atom. The third-order valence-electron chi connectivity index (χ3n) is 4.68. The molecule has 7 heteroatoms. The average molecular weight is 409 g/mol. The van der Waals surface area contributed by atoms with Crippen molar-refractivity contribution in [2.24, 2.45) is 0 Å². The zero-order valence-electron chi connectivity index (χ0n) is 15.5. The number of anilines is 2. The lowest BCUT2D eigenvalue weighted by molar-refractivity contribution is -0.880. The standard InChI is InChI=1S/C20H23Cl2N3O2/c1-14-11-15(21)3-6-19(14)27-13-20(26)23-16-4-5-18(17(22)12-16)25-9-7-24(2)8-10-25/h3-6,11-12H,7-10,13H2,1-2H3,(H,23,26)/p+1. The molecule has 1 aliphatic rings. The number of halogens is 2. The molecule has 1 saturated heterocycles. The van der Waals surface area contributed by atoms with Crippen molar-refractivity contribution >= 4 is 40.5 Å². The number of piperazine rings is 1. The fourth-order valence-electron chi connectivity index (χ4n) is 3.09. The highest BCUT2D eigenvalue weighted by Crippen LogP contribution is 2.29. The van der Waals surface area contributed by atoms with Crippen LogP contribution < -0.4 is 19.9 Å². The molecule has 1 amide bonds. The van der Waals surface area contributed by atoms with Crippen molar-refractivity contribution in [1.29, 1.82) is 0 Å². The molecule has 5 nitrogen and oxygen atoms in total. The summed E-state index contributed by atoms with van der Waals surface area (Å²) in [4.78, 5) is 16.0. The molecule has 0 aromatic heterocycles. The number of aryl methyl sites for hydroxylation is 1. The maximum atomic E-state index is 12.2. The van der Waals surface area contributed by atoms with Crippen molar-refractivity contribution in [3.05, 3.63) is 52.0 Å². The van der Waals surface area contributed by atoms with E-state index in [1.807, 2.05) is 19.1 Å². The van der Waals surface area contributed by atoms with Crippen molar-refractivity contribution in [3.8, 4) is 5.75 Å². The number of carbonyl (C=O) groups is 1. The number of nitrogens with one attached hydrogen (secondary N) is 2. The van der Waals surface area contributed by atoms with E-state index in [9.17, 15) is 4.79 Å². The van der Waals surface area contributed by atoms with E-state index in [1.54, 1.807) is 24.3 Å². The van der Waals surface area contributed by atoms with E-state index in [0.717, 1.165) is 37.4 Å². The van der Waals surface area contributed by atoms with Crippen LogP contribution in [0.15, 0.2) is 36.4 Å². The summed E-state index contributed by atoms with van der Waals surface area (Å²) in [6.07, 6.45) is 0. The van der Waals surface area contributed by atoms with Crippen LogP contribution in [0.1, 0.15) is 5.56 Å². The number of ether oxygens (including phenoxy) is 1. The van der Waals surface area contributed by atoms with E-state index in [2.05, 4.69) is 17.3 Å². The van der Waals surface area contributed by atoms with Gasteiger partial charge in [-0.05, 0) is 48.9 Å². The summed E-state index contributed by atoms with van der Waals surface area (Å²) in [5, 5.41) is 4.10. The van der Waals surface area contributed by atoms with Crippen molar-refractivity contribution < 1.29 is 14.4 Å². The summed E-state index contributed by atoms with van der Waals surface area (Å²) in [5.41, 5.74) is 2.55. The summed E-state index contributed by atoms with van der Waals surface area (Å²) in [5.74, 6) is 0.400. The van der Waals surface area contributed by atoms with Crippen LogP contribution in [0.4, 0.5) is 11.4 Å². The molecule has 2 aromatic carbocycles. The molecule has 2 N–H and O–H groups in total. The highest BCUT2D eigenvalue weighted by molar-refractivity contribution is 6.33. The van der Waals surface area contributed by atoms with E-state index < -0.39 is 0 Å². The van der Waals surface area contributed by atoms with E-state index in [0.29, 0.717) is 21.5 Å². The Balaban J connectivity index is 1.57. The van der Waals surface area contributed by atoms with E-state index in [-0.39, 0.29) is 12.5 Å². The first kappa shape index (κ1) is 19.8. The predicted molar refractivity (Wildman–Crippen MR) is 111 cm³/mol.